The van der Waals surface area contributed by atoms with Crippen molar-refractivity contribution in [2.24, 2.45) is 5.41 Å². The summed E-state index contributed by atoms with van der Waals surface area (Å²) in [6.07, 6.45) is 19.9. The van der Waals surface area contributed by atoms with Crippen LogP contribution in [0.5, 0.6) is 0 Å². The second kappa shape index (κ2) is 10.7. The summed E-state index contributed by atoms with van der Waals surface area (Å²) in [7, 11) is 0. The monoisotopic (exact) mass is 236 g/mol. The number of rotatable bonds is 11. The highest BCUT2D eigenvalue weighted by molar-refractivity contribution is 4.89. The highest BCUT2D eigenvalue weighted by Crippen LogP contribution is 2.40. The molecule has 0 unspecified atom stereocenters. The number of hydrogen-bond donors (Lipinski definition) is 0. The molecule has 0 aromatic heterocycles. The first-order chi connectivity index (χ1) is 8.24. The van der Waals surface area contributed by atoms with Crippen molar-refractivity contribution in [1.29, 1.82) is 0 Å². The lowest BCUT2D eigenvalue weighted by Gasteiger charge is -2.34. The Bertz CT molecular complexity index is 175. The van der Waals surface area contributed by atoms with Crippen molar-refractivity contribution in [2.75, 3.05) is 0 Å². The zero-order chi connectivity index (χ0) is 13.0. The third kappa shape index (κ3) is 7.48. The van der Waals surface area contributed by atoms with Crippen LogP contribution < -0.4 is 0 Å². The van der Waals surface area contributed by atoms with Gasteiger partial charge in [0.05, 0.1) is 0 Å². The van der Waals surface area contributed by atoms with Gasteiger partial charge in [0.25, 0.3) is 0 Å². The van der Waals surface area contributed by atoms with Crippen molar-refractivity contribution in [3.05, 3.63) is 0 Å². The van der Waals surface area contributed by atoms with Gasteiger partial charge in [0, 0.05) is 6.42 Å². The Morgan fingerprint density at radius 3 is 1.47 bits per heavy atom. The molecule has 0 atom stereocenters. The lowest BCUT2D eigenvalue weighted by molar-refractivity contribution is 0.185. The topological polar surface area (TPSA) is 0 Å². The Morgan fingerprint density at radius 1 is 0.765 bits per heavy atom. The third-order valence-electron chi connectivity index (χ3n) is 3.98. The summed E-state index contributed by atoms with van der Waals surface area (Å²) in [6.45, 7) is 6.89. The first kappa shape index (κ1) is 16.6. The van der Waals surface area contributed by atoms with E-state index in [1.54, 1.807) is 0 Å². The zero-order valence-electron chi connectivity index (χ0n) is 12.4. The maximum Gasteiger partial charge on any atom is 0.00913 e. The number of terminal acetylenes is 1. The summed E-state index contributed by atoms with van der Waals surface area (Å²) in [5.41, 5.74) is 0.564. The molecule has 0 rings (SSSR count). The van der Waals surface area contributed by atoms with Gasteiger partial charge in [-0.15, -0.1) is 12.3 Å². The van der Waals surface area contributed by atoms with Crippen LogP contribution in [0.4, 0.5) is 0 Å². The predicted molar refractivity (Wildman–Crippen MR) is 79.1 cm³/mol. The molecule has 0 heteroatoms. The average molecular weight is 236 g/mol. The molecular formula is C17H32. The summed E-state index contributed by atoms with van der Waals surface area (Å²) < 4.78 is 0. The molecule has 0 aromatic rings. The molecule has 0 radical (unpaired) electrons. The van der Waals surface area contributed by atoms with E-state index in [1.165, 1.54) is 64.2 Å². The molecule has 0 fully saturated rings. The van der Waals surface area contributed by atoms with Crippen LogP contribution in [0.25, 0.3) is 0 Å². The van der Waals surface area contributed by atoms with Gasteiger partial charge in [-0.1, -0.05) is 59.3 Å². The van der Waals surface area contributed by atoms with E-state index in [-0.39, 0.29) is 0 Å². The molecule has 0 aliphatic carbocycles. The summed E-state index contributed by atoms with van der Waals surface area (Å²) in [5.74, 6) is 2.85. The summed E-state index contributed by atoms with van der Waals surface area (Å²) in [4.78, 5) is 0. The lowest BCUT2D eigenvalue weighted by Crippen LogP contribution is -2.21. The Hall–Kier alpha value is -0.440. The van der Waals surface area contributed by atoms with E-state index >= 15 is 0 Å². The molecule has 0 bridgehead atoms. The maximum atomic E-state index is 5.47. The molecule has 17 heavy (non-hydrogen) atoms. The van der Waals surface area contributed by atoms with Gasteiger partial charge < -0.3 is 0 Å². The van der Waals surface area contributed by atoms with E-state index in [0.717, 1.165) is 6.42 Å². The van der Waals surface area contributed by atoms with Crippen molar-refractivity contribution in [3.63, 3.8) is 0 Å². The van der Waals surface area contributed by atoms with Crippen molar-refractivity contribution in [2.45, 2.75) is 91.4 Å². The van der Waals surface area contributed by atoms with Crippen molar-refractivity contribution in [3.8, 4) is 12.3 Å². The minimum absolute atomic E-state index is 0.564. The number of hydrogen-bond acceptors (Lipinski definition) is 0. The molecule has 0 saturated heterocycles. The Labute approximate surface area is 110 Å². The van der Waals surface area contributed by atoms with Crippen molar-refractivity contribution >= 4 is 0 Å². The predicted octanol–water partition coefficient (Wildman–Crippen LogP) is 5.96. The van der Waals surface area contributed by atoms with E-state index in [4.69, 9.17) is 6.42 Å². The minimum atomic E-state index is 0.564. The van der Waals surface area contributed by atoms with Gasteiger partial charge in [-0.25, -0.2) is 0 Å². The highest BCUT2D eigenvalue weighted by Gasteiger charge is 2.27. The molecule has 0 spiro atoms. The van der Waals surface area contributed by atoms with E-state index in [9.17, 15) is 0 Å². The lowest BCUT2D eigenvalue weighted by atomic mass is 9.71. The van der Waals surface area contributed by atoms with Gasteiger partial charge in [-0.3, -0.25) is 0 Å². The molecule has 0 amide bonds. The Morgan fingerprint density at radius 2 is 1.18 bits per heavy atom. The smallest absolute Gasteiger partial charge is 0.00913 e. The molecule has 0 aromatic carbocycles. The van der Waals surface area contributed by atoms with Crippen molar-refractivity contribution in [1.82, 2.24) is 0 Å². The second-order valence-electron chi connectivity index (χ2n) is 5.51. The Kier molecular flexibility index (Phi) is 10.4. The van der Waals surface area contributed by atoms with Crippen LogP contribution in [0.3, 0.4) is 0 Å². The van der Waals surface area contributed by atoms with E-state index in [0.29, 0.717) is 5.41 Å². The summed E-state index contributed by atoms with van der Waals surface area (Å²) >= 11 is 0. The fourth-order valence-corrected chi connectivity index (χ4v) is 2.74. The highest BCUT2D eigenvalue weighted by atomic mass is 14.3. The van der Waals surface area contributed by atoms with Gasteiger partial charge in [0.2, 0.25) is 0 Å². The first-order valence-corrected chi connectivity index (χ1v) is 7.68. The molecular weight excluding hydrogens is 204 g/mol. The minimum Gasteiger partial charge on any atom is -0.120 e. The van der Waals surface area contributed by atoms with Crippen LogP contribution >= 0.6 is 0 Å². The van der Waals surface area contributed by atoms with Gasteiger partial charge in [0.1, 0.15) is 0 Å². The molecule has 0 nitrogen and oxygen atoms in total. The molecule has 0 heterocycles. The van der Waals surface area contributed by atoms with Crippen LogP contribution in [-0.4, -0.2) is 0 Å². The first-order valence-electron chi connectivity index (χ1n) is 7.68. The fourth-order valence-electron chi connectivity index (χ4n) is 2.74. The molecule has 0 N–H and O–H groups in total. The molecule has 0 aliphatic heterocycles. The van der Waals surface area contributed by atoms with Crippen molar-refractivity contribution < 1.29 is 0 Å². The van der Waals surface area contributed by atoms with Crippen LogP contribution in [0.2, 0.25) is 0 Å². The van der Waals surface area contributed by atoms with Crippen LogP contribution in [-0.2, 0) is 0 Å². The van der Waals surface area contributed by atoms with Gasteiger partial charge in [-0.2, -0.15) is 0 Å². The van der Waals surface area contributed by atoms with E-state index in [1.807, 2.05) is 0 Å². The van der Waals surface area contributed by atoms with Crippen LogP contribution in [0, 0.1) is 17.8 Å². The summed E-state index contributed by atoms with van der Waals surface area (Å²) in [6, 6.07) is 0. The fraction of sp³-hybridized carbons (Fsp3) is 0.882. The normalized spacial score (nSPS) is 11.4. The van der Waals surface area contributed by atoms with Gasteiger partial charge >= 0.3 is 0 Å². The largest absolute Gasteiger partial charge is 0.120 e. The van der Waals surface area contributed by atoms with Crippen LogP contribution in [0.1, 0.15) is 91.4 Å². The van der Waals surface area contributed by atoms with Gasteiger partial charge in [-0.05, 0) is 31.1 Å². The SMILES string of the molecule is C#CCCC(CCCC)(CCCC)CCCC. The quantitative estimate of drug-likeness (QED) is 0.388. The standard InChI is InChI=1S/C17H32/c1-5-9-13-17(14-10-6-2,15-11-7-3)16-12-8-4/h1H,6-16H2,2-4H3. The van der Waals surface area contributed by atoms with Gasteiger partial charge in [0.15, 0.2) is 0 Å². The van der Waals surface area contributed by atoms with E-state index < -0.39 is 0 Å². The summed E-state index contributed by atoms with van der Waals surface area (Å²) in [5, 5.41) is 0. The Balaban J connectivity index is 4.46. The average Bonchev–Trinajstić information content (AvgIpc) is 2.37. The molecule has 0 saturated carbocycles. The third-order valence-corrected chi connectivity index (χ3v) is 3.98. The maximum absolute atomic E-state index is 5.47. The second-order valence-corrected chi connectivity index (χ2v) is 5.51. The molecule has 100 valence electrons. The van der Waals surface area contributed by atoms with Crippen LogP contribution in [0.15, 0.2) is 0 Å². The van der Waals surface area contributed by atoms with E-state index in [2.05, 4.69) is 26.7 Å². The molecule has 0 aliphatic rings. The zero-order valence-corrected chi connectivity index (χ0v) is 12.4. The number of unbranched alkanes of at least 4 members (excludes halogenated alkanes) is 3.